The van der Waals surface area contributed by atoms with Crippen LogP contribution in [0.5, 0.6) is 0 Å². The number of carbonyl (C=O) groups is 1. The van der Waals surface area contributed by atoms with Gasteiger partial charge in [-0.15, -0.1) is 0 Å². The largest absolute Gasteiger partial charge is 0.338 e. The minimum absolute atomic E-state index is 0.265. The molecule has 0 aliphatic rings. The summed E-state index contributed by atoms with van der Waals surface area (Å²) < 4.78 is 15.7. The van der Waals surface area contributed by atoms with Gasteiger partial charge in [0.15, 0.2) is 0 Å². The third-order valence-electron chi connectivity index (χ3n) is 4.66. The van der Waals surface area contributed by atoms with Crippen molar-refractivity contribution >= 4 is 16.8 Å². The average Bonchev–Trinajstić information content (AvgIpc) is 3.10. The molecule has 0 radical (unpaired) electrons. The lowest BCUT2D eigenvalue weighted by Crippen LogP contribution is -2.31. The van der Waals surface area contributed by atoms with Crippen molar-refractivity contribution in [2.24, 2.45) is 7.05 Å². The second-order valence-electron chi connectivity index (χ2n) is 6.69. The van der Waals surface area contributed by atoms with Gasteiger partial charge in [-0.25, -0.2) is 9.37 Å². The molecule has 0 aliphatic carbocycles. The van der Waals surface area contributed by atoms with Crippen LogP contribution in [0.15, 0.2) is 67.0 Å². The summed E-state index contributed by atoms with van der Waals surface area (Å²) in [6.07, 6.45) is 3.44. The third-order valence-corrected chi connectivity index (χ3v) is 4.66. The number of amides is 1. The lowest BCUT2D eigenvalue weighted by molar-refractivity contribution is 0.0942. The zero-order chi connectivity index (χ0) is 19.7. The Balaban J connectivity index is 1.78. The lowest BCUT2D eigenvalue weighted by atomic mass is 10.0. The van der Waals surface area contributed by atoms with Crippen LogP contribution in [0.25, 0.3) is 10.9 Å². The second-order valence-corrected chi connectivity index (χ2v) is 6.69. The van der Waals surface area contributed by atoms with Gasteiger partial charge in [-0.2, -0.15) is 0 Å². The predicted octanol–water partition coefficient (Wildman–Crippen LogP) is 3.94. The molecule has 6 heteroatoms. The van der Waals surface area contributed by atoms with E-state index < -0.39 is 6.04 Å². The van der Waals surface area contributed by atoms with Gasteiger partial charge in [0, 0.05) is 30.5 Å². The smallest absolute Gasteiger partial charge is 0.252 e. The number of halogens is 1. The molecule has 4 aromatic rings. The highest BCUT2D eigenvalue weighted by atomic mass is 19.1. The number of nitrogens with zero attached hydrogens (tertiary/aromatic N) is 3. The van der Waals surface area contributed by atoms with Crippen molar-refractivity contribution in [3.05, 3.63) is 95.5 Å². The average molecular weight is 374 g/mol. The van der Waals surface area contributed by atoms with E-state index in [4.69, 9.17) is 0 Å². The maximum Gasteiger partial charge on any atom is 0.252 e. The van der Waals surface area contributed by atoms with Crippen molar-refractivity contribution in [2.75, 3.05) is 0 Å². The number of nitrogens with one attached hydrogen (secondary N) is 1. The predicted molar refractivity (Wildman–Crippen MR) is 105 cm³/mol. The molecule has 0 aliphatic heterocycles. The highest BCUT2D eigenvalue weighted by Crippen LogP contribution is 2.24. The summed E-state index contributed by atoms with van der Waals surface area (Å²) in [5.41, 5.74) is 2.66. The van der Waals surface area contributed by atoms with E-state index in [1.165, 1.54) is 12.1 Å². The molecule has 2 heterocycles. The number of fused-ring (bicyclic) bond motifs is 1. The van der Waals surface area contributed by atoms with Gasteiger partial charge in [-0.3, -0.25) is 9.78 Å². The van der Waals surface area contributed by atoms with Crippen molar-refractivity contribution in [3.63, 3.8) is 0 Å². The van der Waals surface area contributed by atoms with E-state index >= 15 is 0 Å². The first-order valence-electron chi connectivity index (χ1n) is 8.93. The van der Waals surface area contributed by atoms with Crippen LogP contribution >= 0.6 is 0 Å². The zero-order valence-electron chi connectivity index (χ0n) is 15.6. The van der Waals surface area contributed by atoms with E-state index in [0.717, 1.165) is 16.6 Å². The molecule has 1 atom stereocenters. The Hall–Kier alpha value is -3.54. The standard InChI is InChI=1S/C22H19FN4O/c1-14-12-18(17-8-3-4-9-19(17)25-14)22(28)26-20(21-24-10-11-27(21)2)15-6-5-7-16(23)13-15/h3-13,20H,1-2H3,(H,26,28). The molecule has 2 aromatic heterocycles. The molecule has 28 heavy (non-hydrogen) atoms. The van der Waals surface area contributed by atoms with Crippen LogP contribution in [-0.2, 0) is 7.05 Å². The number of benzene rings is 2. The summed E-state index contributed by atoms with van der Waals surface area (Å²) in [5, 5.41) is 3.79. The Morgan fingerprint density at radius 2 is 1.96 bits per heavy atom. The maximum atomic E-state index is 13.8. The number of hydrogen-bond acceptors (Lipinski definition) is 3. The van der Waals surface area contributed by atoms with E-state index in [1.807, 2.05) is 42.8 Å². The van der Waals surface area contributed by atoms with Crippen molar-refractivity contribution in [1.29, 1.82) is 0 Å². The summed E-state index contributed by atoms with van der Waals surface area (Å²) in [5.74, 6) is -0.0100. The molecule has 1 N–H and O–H groups in total. The first-order chi connectivity index (χ1) is 13.5. The molecule has 5 nitrogen and oxygen atoms in total. The number of imidazole rings is 1. The quantitative estimate of drug-likeness (QED) is 0.589. The van der Waals surface area contributed by atoms with Crippen molar-refractivity contribution in [1.82, 2.24) is 19.9 Å². The highest BCUT2D eigenvalue weighted by molar-refractivity contribution is 6.06. The Kier molecular flexibility index (Phi) is 4.61. The van der Waals surface area contributed by atoms with Gasteiger partial charge in [0.05, 0.1) is 11.1 Å². The topological polar surface area (TPSA) is 59.8 Å². The maximum absolute atomic E-state index is 13.8. The van der Waals surface area contributed by atoms with Crippen LogP contribution in [0.4, 0.5) is 4.39 Å². The minimum Gasteiger partial charge on any atom is -0.338 e. The molecule has 140 valence electrons. The van der Waals surface area contributed by atoms with Gasteiger partial charge < -0.3 is 9.88 Å². The SMILES string of the molecule is Cc1cc(C(=O)NC(c2cccc(F)c2)c2nccn2C)c2ccccc2n1. The fourth-order valence-corrected chi connectivity index (χ4v) is 3.34. The molecule has 1 amide bonds. The van der Waals surface area contributed by atoms with Gasteiger partial charge >= 0.3 is 0 Å². The van der Waals surface area contributed by atoms with Crippen LogP contribution in [-0.4, -0.2) is 20.4 Å². The Morgan fingerprint density at radius 3 is 2.71 bits per heavy atom. The number of hydrogen-bond donors (Lipinski definition) is 1. The Morgan fingerprint density at radius 1 is 1.14 bits per heavy atom. The zero-order valence-corrected chi connectivity index (χ0v) is 15.6. The normalized spacial score (nSPS) is 12.1. The molecule has 0 saturated carbocycles. The first-order valence-corrected chi connectivity index (χ1v) is 8.93. The Labute approximate surface area is 161 Å². The second kappa shape index (κ2) is 7.23. The molecule has 1 unspecified atom stereocenters. The van der Waals surface area contributed by atoms with E-state index in [2.05, 4.69) is 15.3 Å². The molecule has 0 saturated heterocycles. The van der Waals surface area contributed by atoms with Crippen LogP contribution in [0.3, 0.4) is 0 Å². The van der Waals surface area contributed by atoms with Crippen molar-refractivity contribution in [2.45, 2.75) is 13.0 Å². The monoisotopic (exact) mass is 374 g/mol. The fraction of sp³-hybridized carbons (Fsp3) is 0.136. The van der Waals surface area contributed by atoms with Crippen molar-refractivity contribution < 1.29 is 9.18 Å². The summed E-state index contributed by atoms with van der Waals surface area (Å²) in [6.45, 7) is 1.85. The summed E-state index contributed by atoms with van der Waals surface area (Å²) >= 11 is 0. The molecule has 0 fully saturated rings. The van der Waals surface area contributed by atoms with Crippen molar-refractivity contribution in [3.8, 4) is 0 Å². The molecule has 4 rings (SSSR count). The van der Waals surface area contributed by atoms with Gasteiger partial charge in [-0.1, -0.05) is 30.3 Å². The fourth-order valence-electron chi connectivity index (χ4n) is 3.34. The van der Waals surface area contributed by atoms with Gasteiger partial charge in [0.25, 0.3) is 5.91 Å². The van der Waals surface area contributed by atoms with Gasteiger partial charge in [-0.05, 0) is 36.8 Å². The number of carbonyl (C=O) groups excluding carboxylic acids is 1. The lowest BCUT2D eigenvalue weighted by Gasteiger charge is -2.20. The first kappa shape index (κ1) is 17.9. The highest BCUT2D eigenvalue weighted by Gasteiger charge is 2.23. The van der Waals surface area contributed by atoms with Crippen LogP contribution in [0, 0.1) is 12.7 Å². The van der Waals surface area contributed by atoms with Crippen LogP contribution in [0.1, 0.15) is 33.5 Å². The molecule has 2 aromatic carbocycles. The van der Waals surface area contributed by atoms with Crippen LogP contribution < -0.4 is 5.32 Å². The number of para-hydroxylation sites is 1. The van der Waals surface area contributed by atoms with E-state index in [1.54, 1.807) is 30.6 Å². The number of aryl methyl sites for hydroxylation is 2. The number of pyridine rings is 1. The van der Waals surface area contributed by atoms with E-state index in [-0.39, 0.29) is 11.7 Å². The number of rotatable bonds is 4. The molecule has 0 bridgehead atoms. The van der Waals surface area contributed by atoms with E-state index in [0.29, 0.717) is 17.0 Å². The molecular weight excluding hydrogens is 355 g/mol. The Bertz CT molecular complexity index is 1170. The summed E-state index contributed by atoms with van der Waals surface area (Å²) in [6, 6.07) is 14.9. The minimum atomic E-state index is -0.588. The molecule has 0 spiro atoms. The summed E-state index contributed by atoms with van der Waals surface area (Å²) in [7, 11) is 1.84. The van der Waals surface area contributed by atoms with E-state index in [9.17, 15) is 9.18 Å². The third kappa shape index (κ3) is 3.36. The number of aromatic nitrogens is 3. The van der Waals surface area contributed by atoms with Crippen LogP contribution in [0.2, 0.25) is 0 Å². The van der Waals surface area contributed by atoms with Gasteiger partial charge in [0.2, 0.25) is 0 Å². The molecular formula is C22H19FN4O. The van der Waals surface area contributed by atoms with Gasteiger partial charge in [0.1, 0.15) is 17.7 Å². The summed E-state index contributed by atoms with van der Waals surface area (Å²) in [4.78, 5) is 22.1.